The van der Waals surface area contributed by atoms with E-state index in [0.29, 0.717) is 6.42 Å². The van der Waals surface area contributed by atoms with Crippen LogP contribution in [-0.4, -0.2) is 17.5 Å². The van der Waals surface area contributed by atoms with Crippen LogP contribution in [0.3, 0.4) is 0 Å². The van der Waals surface area contributed by atoms with Crippen LogP contribution in [0.25, 0.3) is 0 Å². The molecule has 13 heavy (non-hydrogen) atoms. The van der Waals surface area contributed by atoms with E-state index in [-0.39, 0.29) is 11.9 Å². The molecule has 2 atom stereocenters. The van der Waals surface area contributed by atoms with E-state index < -0.39 is 5.54 Å². The van der Waals surface area contributed by atoms with Crippen molar-refractivity contribution in [2.75, 3.05) is 0 Å². The first-order valence-corrected chi connectivity index (χ1v) is 4.66. The third-order valence-electron chi connectivity index (χ3n) is 2.00. The first kappa shape index (κ1) is 12.2. The lowest BCUT2D eigenvalue weighted by molar-refractivity contribution is -0.126. The summed E-state index contributed by atoms with van der Waals surface area (Å²) in [6.45, 7) is 9.22. The molecule has 0 rings (SSSR count). The molecule has 0 aromatic rings. The highest BCUT2D eigenvalue weighted by atomic mass is 16.2. The molecule has 0 aromatic heterocycles. The van der Waals surface area contributed by atoms with Gasteiger partial charge in [0.1, 0.15) is 0 Å². The van der Waals surface area contributed by atoms with Gasteiger partial charge in [-0.15, -0.1) is 6.58 Å². The molecule has 0 spiro atoms. The van der Waals surface area contributed by atoms with Crippen LogP contribution in [0, 0.1) is 0 Å². The van der Waals surface area contributed by atoms with Gasteiger partial charge in [-0.2, -0.15) is 0 Å². The molecule has 0 saturated heterocycles. The van der Waals surface area contributed by atoms with Crippen molar-refractivity contribution in [3.8, 4) is 0 Å². The Morgan fingerprint density at radius 3 is 2.69 bits per heavy atom. The summed E-state index contributed by atoms with van der Waals surface area (Å²) in [5.41, 5.74) is 5.07. The molecule has 2 unspecified atom stereocenters. The normalized spacial score (nSPS) is 17.2. The van der Waals surface area contributed by atoms with Gasteiger partial charge in [0.25, 0.3) is 0 Å². The Morgan fingerprint density at radius 1 is 1.77 bits per heavy atom. The average molecular weight is 184 g/mol. The van der Waals surface area contributed by atoms with Gasteiger partial charge in [-0.05, 0) is 20.3 Å². The summed E-state index contributed by atoms with van der Waals surface area (Å²) in [5, 5.41) is 2.77. The predicted molar refractivity (Wildman–Crippen MR) is 55.3 cm³/mol. The summed E-state index contributed by atoms with van der Waals surface area (Å²) in [6.07, 6.45) is 3.28. The molecular weight excluding hydrogens is 164 g/mol. The number of carbonyl (C=O) groups is 1. The molecule has 0 radical (unpaired) electrons. The van der Waals surface area contributed by atoms with Gasteiger partial charge < -0.3 is 11.1 Å². The Balaban J connectivity index is 4.15. The van der Waals surface area contributed by atoms with Crippen molar-refractivity contribution >= 4 is 5.91 Å². The lowest BCUT2D eigenvalue weighted by Gasteiger charge is -2.24. The standard InChI is InChI=1S/C10H20N2O/c1-5-7-10(4,11)9(13)12-8(3)6-2/h6,8H,2,5,7,11H2,1,3-4H3,(H,12,13). The molecule has 0 bridgehead atoms. The van der Waals surface area contributed by atoms with Crippen molar-refractivity contribution in [3.63, 3.8) is 0 Å². The van der Waals surface area contributed by atoms with Crippen LogP contribution in [-0.2, 0) is 4.79 Å². The monoisotopic (exact) mass is 184 g/mol. The molecule has 0 aliphatic rings. The highest BCUT2D eigenvalue weighted by molar-refractivity contribution is 5.85. The zero-order valence-electron chi connectivity index (χ0n) is 8.76. The minimum atomic E-state index is -0.758. The summed E-state index contributed by atoms with van der Waals surface area (Å²) in [6, 6.07) is -0.0211. The topological polar surface area (TPSA) is 55.1 Å². The first-order valence-electron chi connectivity index (χ1n) is 4.66. The minimum Gasteiger partial charge on any atom is -0.349 e. The van der Waals surface area contributed by atoms with Gasteiger partial charge >= 0.3 is 0 Å². The van der Waals surface area contributed by atoms with Gasteiger partial charge in [0.15, 0.2) is 0 Å². The maximum absolute atomic E-state index is 11.5. The number of hydrogen-bond acceptors (Lipinski definition) is 2. The Bertz CT molecular complexity index is 187. The molecule has 3 heteroatoms. The molecule has 76 valence electrons. The predicted octanol–water partition coefficient (Wildman–Crippen LogP) is 1.19. The number of carbonyl (C=O) groups excluding carboxylic acids is 1. The summed E-state index contributed by atoms with van der Waals surface area (Å²) < 4.78 is 0. The fourth-order valence-corrected chi connectivity index (χ4v) is 1.06. The third kappa shape index (κ3) is 4.08. The smallest absolute Gasteiger partial charge is 0.240 e. The SMILES string of the molecule is C=CC(C)NC(=O)C(C)(N)CCC. The van der Waals surface area contributed by atoms with Crippen LogP contribution in [0.4, 0.5) is 0 Å². The highest BCUT2D eigenvalue weighted by Crippen LogP contribution is 2.08. The molecule has 0 aliphatic heterocycles. The zero-order valence-corrected chi connectivity index (χ0v) is 8.76. The van der Waals surface area contributed by atoms with E-state index in [1.807, 2.05) is 13.8 Å². The summed E-state index contributed by atoms with van der Waals surface area (Å²) >= 11 is 0. The quantitative estimate of drug-likeness (QED) is 0.631. The van der Waals surface area contributed by atoms with Crippen LogP contribution in [0.1, 0.15) is 33.6 Å². The van der Waals surface area contributed by atoms with Crippen molar-refractivity contribution in [2.45, 2.75) is 45.2 Å². The second kappa shape index (κ2) is 5.02. The molecule has 0 fully saturated rings. The van der Waals surface area contributed by atoms with Gasteiger partial charge in [-0.3, -0.25) is 4.79 Å². The number of rotatable bonds is 5. The summed E-state index contributed by atoms with van der Waals surface area (Å²) in [5.74, 6) is -0.109. The average Bonchev–Trinajstić information content (AvgIpc) is 2.04. The number of nitrogens with two attached hydrogens (primary N) is 1. The summed E-state index contributed by atoms with van der Waals surface area (Å²) in [7, 11) is 0. The van der Waals surface area contributed by atoms with Crippen LogP contribution >= 0.6 is 0 Å². The lowest BCUT2D eigenvalue weighted by atomic mass is 9.96. The van der Waals surface area contributed by atoms with E-state index in [4.69, 9.17) is 5.73 Å². The summed E-state index contributed by atoms with van der Waals surface area (Å²) in [4.78, 5) is 11.5. The van der Waals surface area contributed by atoms with Crippen LogP contribution in [0.2, 0.25) is 0 Å². The van der Waals surface area contributed by atoms with E-state index in [1.54, 1.807) is 13.0 Å². The van der Waals surface area contributed by atoms with Crippen molar-refractivity contribution in [3.05, 3.63) is 12.7 Å². The van der Waals surface area contributed by atoms with E-state index in [9.17, 15) is 4.79 Å². The molecule has 0 heterocycles. The lowest BCUT2D eigenvalue weighted by Crippen LogP contribution is -2.53. The first-order chi connectivity index (χ1) is 5.94. The number of hydrogen-bond donors (Lipinski definition) is 2. The number of nitrogens with one attached hydrogen (secondary N) is 1. The highest BCUT2D eigenvalue weighted by Gasteiger charge is 2.27. The molecule has 3 N–H and O–H groups in total. The second-order valence-corrected chi connectivity index (χ2v) is 3.67. The van der Waals surface area contributed by atoms with Crippen LogP contribution < -0.4 is 11.1 Å². The molecule has 3 nitrogen and oxygen atoms in total. The third-order valence-corrected chi connectivity index (χ3v) is 2.00. The zero-order chi connectivity index (χ0) is 10.5. The molecule has 0 saturated carbocycles. The van der Waals surface area contributed by atoms with Crippen molar-refractivity contribution in [1.82, 2.24) is 5.32 Å². The molecule has 1 amide bonds. The van der Waals surface area contributed by atoms with E-state index in [2.05, 4.69) is 11.9 Å². The molecule has 0 aliphatic carbocycles. The maximum Gasteiger partial charge on any atom is 0.240 e. The fourth-order valence-electron chi connectivity index (χ4n) is 1.06. The van der Waals surface area contributed by atoms with Crippen LogP contribution in [0.5, 0.6) is 0 Å². The van der Waals surface area contributed by atoms with Gasteiger partial charge in [0, 0.05) is 6.04 Å². The Hall–Kier alpha value is -0.830. The number of amides is 1. The molecule has 0 aromatic carbocycles. The van der Waals surface area contributed by atoms with Gasteiger partial charge in [-0.1, -0.05) is 19.4 Å². The van der Waals surface area contributed by atoms with Crippen molar-refractivity contribution < 1.29 is 4.79 Å². The van der Waals surface area contributed by atoms with Crippen LogP contribution in [0.15, 0.2) is 12.7 Å². The Labute approximate surface area is 80.4 Å². The second-order valence-electron chi connectivity index (χ2n) is 3.67. The van der Waals surface area contributed by atoms with E-state index in [0.717, 1.165) is 6.42 Å². The van der Waals surface area contributed by atoms with Gasteiger partial charge in [0.2, 0.25) is 5.91 Å². The minimum absolute atomic E-state index is 0.0211. The molecular formula is C10H20N2O. The van der Waals surface area contributed by atoms with E-state index >= 15 is 0 Å². The largest absolute Gasteiger partial charge is 0.349 e. The van der Waals surface area contributed by atoms with Crippen molar-refractivity contribution in [2.24, 2.45) is 5.73 Å². The Kier molecular flexibility index (Phi) is 4.70. The van der Waals surface area contributed by atoms with Crippen molar-refractivity contribution in [1.29, 1.82) is 0 Å². The van der Waals surface area contributed by atoms with Gasteiger partial charge in [-0.25, -0.2) is 0 Å². The maximum atomic E-state index is 11.5. The Morgan fingerprint density at radius 2 is 2.31 bits per heavy atom. The van der Waals surface area contributed by atoms with Gasteiger partial charge in [0.05, 0.1) is 5.54 Å². The fraction of sp³-hybridized carbons (Fsp3) is 0.700. The van der Waals surface area contributed by atoms with E-state index in [1.165, 1.54) is 0 Å².